The van der Waals surface area contributed by atoms with Gasteiger partial charge in [-0.25, -0.2) is 4.79 Å². The molecule has 0 aromatic heterocycles. The summed E-state index contributed by atoms with van der Waals surface area (Å²) in [6.07, 6.45) is -1.64. The van der Waals surface area contributed by atoms with E-state index in [2.05, 4.69) is 11.7 Å². The predicted octanol–water partition coefficient (Wildman–Crippen LogP) is 2.68. The van der Waals surface area contributed by atoms with Gasteiger partial charge in [0.1, 0.15) is 6.10 Å². The van der Waals surface area contributed by atoms with Gasteiger partial charge in [-0.2, -0.15) is 0 Å². The molecule has 76 valence electrons. The number of carbonyl (C=O) groups excluding carboxylic acids is 1. The molecule has 2 unspecified atom stereocenters. The van der Waals surface area contributed by atoms with Gasteiger partial charge in [-0.1, -0.05) is 25.3 Å². The number of carbonyl (C=O) groups is 1. The number of hydrogen-bond acceptors (Lipinski definition) is 3. The van der Waals surface area contributed by atoms with Crippen molar-refractivity contribution in [2.45, 2.75) is 26.4 Å². The molecule has 0 spiro atoms. The molecule has 0 aliphatic rings. The quantitative estimate of drug-likeness (QED) is 0.742. The normalized spacial score (nSPS) is 16.8. The summed E-state index contributed by atoms with van der Waals surface area (Å²) >= 11 is 5.09. The van der Waals surface area contributed by atoms with Crippen LogP contribution in [0.2, 0.25) is 0 Å². The van der Waals surface area contributed by atoms with E-state index in [9.17, 15) is 4.79 Å². The lowest BCUT2D eigenvalue weighted by Gasteiger charge is -2.16. The van der Waals surface area contributed by atoms with Crippen molar-refractivity contribution < 1.29 is 9.53 Å². The highest BCUT2D eigenvalue weighted by atomic mass is 32.4. The summed E-state index contributed by atoms with van der Waals surface area (Å²) in [6.45, 7) is 9.14. The number of rotatable bonds is 4. The van der Waals surface area contributed by atoms with Crippen molar-refractivity contribution >= 4 is 24.1 Å². The van der Waals surface area contributed by atoms with Crippen molar-refractivity contribution in [3.8, 4) is 0 Å². The Morgan fingerprint density at radius 1 is 1.85 bits per heavy atom. The summed E-state index contributed by atoms with van der Waals surface area (Å²) in [6, 6.07) is 0. The molecule has 0 aromatic carbocycles. The highest BCUT2D eigenvalue weighted by molar-refractivity contribution is 8.15. The van der Waals surface area contributed by atoms with Gasteiger partial charge in [0.15, 0.2) is 0 Å². The molecule has 0 heterocycles. The molecular formula is C8H16NO2PS. The molecule has 1 N–H and O–H groups in total. The average molecular weight is 221 g/mol. The predicted molar refractivity (Wildman–Crippen MR) is 59.8 cm³/mol. The molecular weight excluding hydrogens is 205 g/mol. The Balaban J connectivity index is 4.02. The van der Waals surface area contributed by atoms with Crippen molar-refractivity contribution in [3.05, 3.63) is 12.4 Å². The lowest BCUT2D eigenvalue weighted by molar-refractivity contribution is 0.110. The minimum Gasteiger partial charge on any atom is -0.446 e. The zero-order chi connectivity index (χ0) is 10.5. The Hall–Kier alpha value is -0.340. The van der Waals surface area contributed by atoms with Crippen LogP contribution in [-0.2, 0) is 16.5 Å². The van der Waals surface area contributed by atoms with E-state index in [4.69, 9.17) is 16.5 Å². The van der Waals surface area contributed by atoms with Gasteiger partial charge in [0, 0.05) is 0 Å². The fraction of sp³-hybridized carbons (Fsp3) is 0.625. The molecule has 3 nitrogen and oxygen atoms in total. The maximum atomic E-state index is 11.2. The maximum absolute atomic E-state index is 11.2. The maximum Gasteiger partial charge on any atom is 0.411 e. The molecule has 0 saturated heterocycles. The molecule has 5 heteroatoms. The molecule has 1 amide bonds. The van der Waals surface area contributed by atoms with Crippen molar-refractivity contribution in [3.63, 3.8) is 0 Å². The summed E-state index contributed by atoms with van der Waals surface area (Å²) in [5.74, 6) is 1.60. The standard InChI is InChI=1S/C8H16NO2PS/c1-5-7(3)11-8(10)9-12(4,13)6-2/h6-7H,2,5H2,1,3-4H3,(H,9,10,13). The van der Waals surface area contributed by atoms with Gasteiger partial charge in [-0.05, 0) is 25.8 Å². The SMILES string of the molecule is C=CP(C)(=S)NC(=O)OC(C)CC. The fourth-order valence-electron chi connectivity index (χ4n) is 0.519. The Morgan fingerprint density at radius 3 is 2.77 bits per heavy atom. The highest BCUT2D eigenvalue weighted by Gasteiger charge is 2.12. The lowest BCUT2D eigenvalue weighted by atomic mass is 10.3. The Labute approximate surface area is 84.6 Å². The van der Waals surface area contributed by atoms with E-state index in [1.807, 2.05) is 13.8 Å². The second-order valence-corrected chi connectivity index (χ2v) is 7.75. The molecule has 13 heavy (non-hydrogen) atoms. The summed E-state index contributed by atoms with van der Waals surface area (Å²) < 4.78 is 5.00. The third-order valence-electron chi connectivity index (χ3n) is 1.54. The van der Waals surface area contributed by atoms with Crippen molar-refractivity contribution in [1.82, 2.24) is 5.09 Å². The van der Waals surface area contributed by atoms with Crippen molar-refractivity contribution in [2.75, 3.05) is 6.66 Å². The Kier molecular flexibility index (Phi) is 5.26. The van der Waals surface area contributed by atoms with Gasteiger partial charge in [-0.3, -0.25) is 5.09 Å². The molecule has 0 saturated carbocycles. The number of nitrogens with one attached hydrogen (secondary N) is 1. The zero-order valence-corrected chi connectivity index (χ0v) is 9.95. The van der Waals surface area contributed by atoms with E-state index in [1.54, 1.807) is 12.5 Å². The smallest absolute Gasteiger partial charge is 0.411 e. The van der Waals surface area contributed by atoms with E-state index in [-0.39, 0.29) is 6.10 Å². The second kappa shape index (κ2) is 5.40. The van der Waals surface area contributed by atoms with Crippen LogP contribution in [0.15, 0.2) is 12.4 Å². The number of hydrogen-bond donors (Lipinski definition) is 1. The number of ether oxygens (including phenoxy) is 1. The third-order valence-corrected chi connectivity index (χ3v) is 3.59. The molecule has 2 atom stereocenters. The van der Waals surface area contributed by atoms with Gasteiger partial charge in [0.2, 0.25) is 0 Å². The second-order valence-electron chi connectivity index (χ2n) is 2.91. The summed E-state index contributed by atoms with van der Waals surface area (Å²) in [7, 11) is 0. The molecule has 0 bridgehead atoms. The van der Waals surface area contributed by atoms with Gasteiger partial charge in [-0.15, -0.1) is 0 Å². The van der Waals surface area contributed by atoms with E-state index in [0.717, 1.165) is 6.42 Å². The molecule has 0 aromatic rings. The molecule has 0 radical (unpaired) electrons. The van der Waals surface area contributed by atoms with Gasteiger partial charge in [0.05, 0.1) is 6.19 Å². The van der Waals surface area contributed by atoms with E-state index < -0.39 is 12.3 Å². The van der Waals surface area contributed by atoms with Crippen LogP contribution in [0, 0.1) is 0 Å². The summed E-state index contributed by atoms with van der Waals surface area (Å²) in [4.78, 5) is 11.2. The van der Waals surface area contributed by atoms with Gasteiger partial charge in [0.25, 0.3) is 0 Å². The van der Waals surface area contributed by atoms with Crippen molar-refractivity contribution in [2.24, 2.45) is 0 Å². The first kappa shape index (κ1) is 12.7. The minimum atomic E-state index is -1.92. The summed E-state index contributed by atoms with van der Waals surface area (Å²) in [5, 5.41) is 2.62. The van der Waals surface area contributed by atoms with E-state index in [0.29, 0.717) is 0 Å². The van der Waals surface area contributed by atoms with Crippen LogP contribution in [-0.4, -0.2) is 18.9 Å². The fourth-order valence-corrected chi connectivity index (χ4v) is 1.25. The summed E-state index contributed by atoms with van der Waals surface area (Å²) in [5.41, 5.74) is 0. The van der Waals surface area contributed by atoms with Crippen LogP contribution in [0.4, 0.5) is 4.79 Å². The molecule has 0 aliphatic heterocycles. The molecule has 0 fully saturated rings. The van der Waals surface area contributed by atoms with Crippen LogP contribution in [0.25, 0.3) is 0 Å². The van der Waals surface area contributed by atoms with Crippen LogP contribution < -0.4 is 5.09 Å². The number of amides is 1. The Morgan fingerprint density at radius 2 is 2.38 bits per heavy atom. The molecule has 0 aliphatic carbocycles. The van der Waals surface area contributed by atoms with Crippen LogP contribution in [0.1, 0.15) is 20.3 Å². The Bertz CT molecular complexity index is 242. The third kappa shape index (κ3) is 5.83. The van der Waals surface area contributed by atoms with E-state index >= 15 is 0 Å². The largest absolute Gasteiger partial charge is 0.446 e. The minimum absolute atomic E-state index is 0.0696. The van der Waals surface area contributed by atoms with Gasteiger partial charge < -0.3 is 4.74 Å². The topological polar surface area (TPSA) is 38.3 Å². The first-order chi connectivity index (χ1) is 5.91. The van der Waals surface area contributed by atoms with Gasteiger partial charge >= 0.3 is 6.09 Å². The average Bonchev–Trinajstić information content (AvgIpc) is 2.03. The van der Waals surface area contributed by atoms with Crippen LogP contribution in [0.5, 0.6) is 0 Å². The van der Waals surface area contributed by atoms with Crippen LogP contribution >= 0.6 is 6.19 Å². The lowest BCUT2D eigenvalue weighted by Crippen LogP contribution is -2.24. The van der Waals surface area contributed by atoms with Crippen LogP contribution in [0.3, 0.4) is 0 Å². The molecule has 0 rings (SSSR count). The first-order valence-corrected chi connectivity index (χ1v) is 7.43. The first-order valence-electron chi connectivity index (χ1n) is 4.11. The van der Waals surface area contributed by atoms with Crippen molar-refractivity contribution in [1.29, 1.82) is 0 Å². The van der Waals surface area contributed by atoms with E-state index in [1.165, 1.54) is 0 Å². The highest BCUT2D eigenvalue weighted by Crippen LogP contribution is 2.37. The zero-order valence-electron chi connectivity index (χ0n) is 8.24. The monoisotopic (exact) mass is 221 g/mol.